The lowest BCUT2D eigenvalue weighted by Gasteiger charge is -2.27. The van der Waals surface area contributed by atoms with Crippen LogP contribution in [0.25, 0.3) is 0 Å². The number of aliphatic hydroxyl groups is 1. The van der Waals surface area contributed by atoms with Gasteiger partial charge in [0, 0.05) is 30.6 Å². The van der Waals surface area contributed by atoms with Crippen LogP contribution >= 0.6 is 0 Å². The Morgan fingerprint density at radius 2 is 2.03 bits per heavy atom. The second-order valence-corrected chi connectivity index (χ2v) is 7.63. The lowest BCUT2D eigenvalue weighted by molar-refractivity contribution is -0.120. The van der Waals surface area contributed by atoms with Crippen molar-refractivity contribution in [3.8, 4) is 11.5 Å². The Labute approximate surface area is 185 Å². The predicted molar refractivity (Wildman–Crippen MR) is 117 cm³/mol. The van der Waals surface area contributed by atoms with Gasteiger partial charge in [-0.2, -0.15) is 5.10 Å². The van der Waals surface area contributed by atoms with Gasteiger partial charge in [0.15, 0.2) is 0 Å². The Morgan fingerprint density at radius 1 is 1.22 bits per heavy atom. The molecule has 1 aliphatic carbocycles. The number of phenols is 1. The molecule has 2 heterocycles. The van der Waals surface area contributed by atoms with Gasteiger partial charge in [-0.05, 0) is 42.0 Å². The molecular weight excluding hydrogens is 412 g/mol. The standard InChI is InChI=1S/C23H26N4O5/c1-14-2-7-18-20(21(23(30)26-18)19-8-9-25-27-19)22(14)32-13-16(29)12-24-10-11-31-17-5-3-15(28)4-6-17/h2-9,16,21-22,24,28-29H,1,10-13H2,(H,25,27)(H,26,30). The molecule has 1 amide bonds. The molecule has 9 nitrogen and oxygen atoms in total. The molecule has 0 spiro atoms. The molecule has 1 aliphatic heterocycles. The number of H-pyrrole nitrogens is 1. The maximum atomic E-state index is 12.5. The van der Waals surface area contributed by atoms with Crippen LogP contribution in [-0.4, -0.2) is 64.8 Å². The summed E-state index contributed by atoms with van der Waals surface area (Å²) in [6.45, 7) is 5.40. The van der Waals surface area contributed by atoms with Crippen LogP contribution in [0.3, 0.4) is 0 Å². The Hall–Kier alpha value is -3.40. The number of amides is 1. The fourth-order valence-corrected chi connectivity index (χ4v) is 3.73. The van der Waals surface area contributed by atoms with Crippen molar-refractivity contribution in [2.24, 2.45) is 0 Å². The van der Waals surface area contributed by atoms with Crippen molar-refractivity contribution in [3.63, 3.8) is 0 Å². The number of aromatic amines is 1. The minimum Gasteiger partial charge on any atom is -0.508 e. The summed E-state index contributed by atoms with van der Waals surface area (Å²) in [6, 6.07) is 8.25. The molecule has 2 aromatic rings. The summed E-state index contributed by atoms with van der Waals surface area (Å²) < 4.78 is 11.6. The zero-order valence-corrected chi connectivity index (χ0v) is 17.5. The third kappa shape index (κ3) is 4.91. The number of phenolic OH excluding ortho intramolecular Hbond substituents is 1. The van der Waals surface area contributed by atoms with E-state index in [0.29, 0.717) is 42.4 Å². The Morgan fingerprint density at radius 3 is 2.78 bits per heavy atom. The maximum absolute atomic E-state index is 12.5. The van der Waals surface area contributed by atoms with E-state index in [1.807, 2.05) is 12.2 Å². The number of carbonyl (C=O) groups is 1. The SMILES string of the molecule is C=C1C=CC2=C(C1OCC(O)CNCCOc1ccc(O)cc1)C(c1ccn[nH]1)C(=O)N2. The van der Waals surface area contributed by atoms with Gasteiger partial charge in [0.25, 0.3) is 0 Å². The summed E-state index contributed by atoms with van der Waals surface area (Å²) >= 11 is 0. The molecule has 0 fully saturated rings. The van der Waals surface area contributed by atoms with Crippen molar-refractivity contribution >= 4 is 5.91 Å². The molecule has 1 aromatic carbocycles. The van der Waals surface area contributed by atoms with E-state index in [1.165, 1.54) is 0 Å². The van der Waals surface area contributed by atoms with E-state index in [9.17, 15) is 15.0 Å². The first-order chi connectivity index (χ1) is 15.5. The number of benzene rings is 1. The zero-order valence-electron chi connectivity index (χ0n) is 17.5. The van der Waals surface area contributed by atoms with Crippen LogP contribution in [0.2, 0.25) is 0 Å². The van der Waals surface area contributed by atoms with Gasteiger partial charge in [-0.1, -0.05) is 12.7 Å². The first kappa shape index (κ1) is 21.8. The highest BCUT2D eigenvalue weighted by Gasteiger charge is 2.41. The topological polar surface area (TPSA) is 129 Å². The molecule has 4 rings (SSSR count). The number of aromatic hydroxyl groups is 1. The molecule has 9 heteroatoms. The van der Waals surface area contributed by atoms with Crippen LogP contribution in [0.5, 0.6) is 11.5 Å². The van der Waals surface area contributed by atoms with Gasteiger partial charge in [-0.25, -0.2) is 0 Å². The fourth-order valence-electron chi connectivity index (χ4n) is 3.73. The number of hydrogen-bond donors (Lipinski definition) is 5. The van der Waals surface area contributed by atoms with Crippen molar-refractivity contribution in [2.75, 3.05) is 26.3 Å². The number of ether oxygens (including phenoxy) is 2. The zero-order chi connectivity index (χ0) is 22.5. The molecule has 32 heavy (non-hydrogen) atoms. The third-order valence-electron chi connectivity index (χ3n) is 5.28. The van der Waals surface area contributed by atoms with Crippen molar-refractivity contribution in [1.29, 1.82) is 0 Å². The van der Waals surface area contributed by atoms with E-state index < -0.39 is 18.1 Å². The van der Waals surface area contributed by atoms with Crippen LogP contribution in [-0.2, 0) is 9.53 Å². The van der Waals surface area contributed by atoms with E-state index in [4.69, 9.17) is 9.47 Å². The molecule has 0 saturated heterocycles. The van der Waals surface area contributed by atoms with Crippen LogP contribution in [0.4, 0.5) is 0 Å². The monoisotopic (exact) mass is 438 g/mol. The first-order valence-corrected chi connectivity index (χ1v) is 10.4. The predicted octanol–water partition coefficient (Wildman–Crippen LogP) is 1.12. The van der Waals surface area contributed by atoms with Gasteiger partial charge >= 0.3 is 0 Å². The number of carbonyl (C=O) groups excluding carboxylic acids is 1. The Bertz CT molecular complexity index is 1010. The lowest BCUT2D eigenvalue weighted by Crippen LogP contribution is -2.35. The number of aromatic nitrogens is 2. The number of hydrogen-bond acceptors (Lipinski definition) is 7. The van der Waals surface area contributed by atoms with E-state index >= 15 is 0 Å². The van der Waals surface area contributed by atoms with Gasteiger partial charge in [-0.15, -0.1) is 0 Å². The quantitative estimate of drug-likeness (QED) is 0.352. The molecule has 3 unspecified atom stereocenters. The Kier molecular flexibility index (Phi) is 6.69. The molecule has 2 aliphatic rings. The number of allylic oxidation sites excluding steroid dienone is 1. The average molecular weight is 438 g/mol. The van der Waals surface area contributed by atoms with Crippen LogP contribution in [0, 0.1) is 0 Å². The summed E-state index contributed by atoms with van der Waals surface area (Å²) in [6.07, 6.45) is 3.96. The molecule has 0 radical (unpaired) electrons. The smallest absolute Gasteiger partial charge is 0.237 e. The summed E-state index contributed by atoms with van der Waals surface area (Å²) in [5.41, 5.74) is 2.87. The van der Waals surface area contributed by atoms with Gasteiger partial charge in [0.05, 0.1) is 18.4 Å². The van der Waals surface area contributed by atoms with Crippen molar-refractivity contribution in [2.45, 2.75) is 18.1 Å². The minimum absolute atomic E-state index is 0.0734. The van der Waals surface area contributed by atoms with Gasteiger partial charge in [0.2, 0.25) is 5.91 Å². The lowest BCUT2D eigenvalue weighted by atomic mass is 9.86. The van der Waals surface area contributed by atoms with E-state index in [1.54, 1.807) is 36.5 Å². The molecule has 3 atom stereocenters. The van der Waals surface area contributed by atoms with E-state index in [-0.39, 0.29) is 18.3 Å². The summed E-state index contributed by atoms with van der Waals surface area (Å²) in [7, 11) is 0. The number of rotatable bonds is 10. The highest BCUT2D eigenvalue weighted by Crippen LogP contribution is 2.39. The van der Waals surface area contributed by atoms with E-state index in [2.05, 4.69) is 27.4 Å². The molecule has 5 N–H and O–H groups in total. The second-order valence-electron chi connectivity index (χ2n) is 7.63. The second kappa shape index (κ2) is 9.82. The first-order valence-electron chi connectivity index (χ1n) is 10.4. The highest BCUT2D eigenvalue weighted by molar-refractivity contribution is 5.93. The molecule has 0 saturated carbocycles. The molecule has 0 bridgehead atoms. The summed E-state index contributed by atoms with van der Waals surface area (Å²) in [5, 5.41) is 32.4. The van der Waals surface area contributed by atoms with Crippen molar-refractivity contribution in [3.05, 3.63) is 77.8 Å². The normalized spacial score (nSPS) is 20.9. The minimum atomic E-state index is -0.748. The van der Waals surface area contributed by atoms with Gasteiger partial charge in [0.1, 0.15) is 30.1 Å². The van der Waals surface area contributed by atoms with Gasteiger partial charge < -0.3 is 30.3 Å². The Balaban J connectivity index is 1.26. The van der Waals surface area contributed by atoms with E-state index in [0.717, 1.165) is 5.57 Å². The van der Waals surface area contributed by atoms with Crippen LogP contribution in [0.1, 0.15) is 11.6 Å². The van der Waals surface area contributed by atoms with Crippen molar-refractivity contribution in [1.82, 2.24) is 20.8 Å². The van der Waals surface area contributed by atoms with Gasteiger partial charge in [-0.3, -0.25) is 9.89 Å². The molecule has 1 aromatic heterocycles. The highest BCUT2D eigenvalue weighted by atomic mass is 16.5. The largest absolute Gasteiger partial charge is 0.508 e. The van der Waals surface area contributed by atoms with Crippen LogP contribution < -0.4 is 15.4 Å². The average Bonchev–Trinajstić information content (AvgIpc) is 3.41. The van der Waals surface area contributed by atoms with Crippen molar-refractivity contribution < 1.29 is 24.5 Å². The molecular formula is C23H26N4O5. The van der Waals surface area contributed by atoms with Crippen LogP contribution in [0.15, 0.2) is 72.1 Å². The number of nitrogens with one attached hydrogen (secondary N) is 3. The summed E-state index contributed by atoms with van der Waals surface area (Å²) in [4.78, 5) is 12.5. The third-order valence-corrected chi connectivity index (χ3v) is 5.28. The fraction of sp³-hybridized carbons (Fsp3) is 0.304. The number of aliphatic hydroxyl groups excluding tert-OH is 1. The molecule has 168 valence electrons. The maximum Gasteiger partial charge on any atom is 0.237 e. The summed E-state index contributed by atoms with van der Waals surface area (Å²) in [5.74, 6) is 0.161. The number of nitrogens with zero attached hydrogens (tertiary/aromatic N) is 1.